The number of hydrogen-bond donors (Lipinski definition) is 0. The summed E-state index contributed by atoms with van der Waals surface area (Å²) in [7, 11) is 0. The van der Waals surface area contributed by atoms with Crippen LogP contribution in [0.2, 0.25) is 0 Å². The normalized spacial score (nSPS) is 43.2. The van der Waals surface area contributed by atoms with Gasteiger partial charge in [0.2, 0.25) is 0 Å². The first-order valence-corrected chi connectivity index (χ1v) is 17.9. The molecule has 2 unspecified atom stereocenters. The van der Waals surface area contributed by atoms with E-state index in [1.54, 1.807) is 0 Å². The van der Waals surface area contributed by atoms with Crippen LogP contribution in [0.15, 0.2) is 0 Å². The van der Waals surface area contributed by atoms with E-state index in [2.05, 4.69) is 34.6 Å². The van der Waals surface area contributed by atoms with Crippen molar-refractivity contribution in [2.24, 2.45) is 64.6 Å². The lowest BCUT2D eigenvalue weighted by atomic mass is 9.47. The topological polar surface area (TPSA) is 52.6 Å². The summed E-state index contributed by atoms with van der Waals surface area (Å²) in [4.78, 5) is 25.2. The maximum atomic E-state index is 12.9. The summed E-state index contributed by atoms with van der Waals surface area (Å²) < 4.78 is 12.7. The predicted molar refractivity (Wildman–Crippen MR) is 165 cm³/mol. The van der Waals surface area contributed by atoms with Crippen LogP contribution in [0.1, 0.15) is 145 Å². The fraction of sp³-hybridized carbons (Fsp3) is 0.946. The number of esters is 2. The molecule has 0 aliphatic heterocycles. The maximum Gasteiger partial charge on any atom is 0.312 e. The standard InChI is InChI=1S/C20H34O2.C17H28O2/c1-6-13(3)20(22-18(21)19(4,5)7-2)16-9-14-8-15(11-16)12-17(20)10-14;1-4-11(3)16(18)19-17(5-2)14-7-12-6-13(9-14)10-15(17)8-12/h13-17H,6-12H2,1-5H3;11-15H,4-10H2,1-3H3. The van der Waals surface area contributed by atoms with Gasteiger partial charge in [-0.25, -0.2) is 0 Å². The van der Waals surface area contributed by atoms with E-state index in [1.165, 1.54) is 64.2 Å². The largest absolute Gasteiger partial charge is 0.458 e. The summed E-state index contributed by atoms with van der Waals surface area (Å²) >= 11 is 0. The molecule has 2 atom stereocenters. The minimum atomic E-state index is -0.352. The highest BCUT2D eigenvalue weighted by molar-refractivity contribution is 5.76. The van der Waals surface area contributed by atoms with E-state index in [1.807, 2.05) is 20.8 Å². The molecule has 8 bridgehead atoms. The zero-order chi connectivity index (χ0) is 29.7. The van der Waals surface area contributed by atoms with Gasteiger partial charge in [0.15, 0.2) is 0 Å². The van der Waals surface area contributed by atoms with Gasteiger partial charge in [0.05, 0.1) is 11.3 Å². The van der Waals surface area contributed by atoms with Crippen LogP contribution in [0.3, 0.4) is 0 Å². The van der Waals surface area contributed by atoms with Gasteiger partial charge in [-0.1, -0.05) is 41.5 Å². The van der Waals surface area contributed by atoms with E-state index in [0.29, 0.717) is 29.6 Å². The summed E-state index contributed by atoms with van der Waals surface area (Å²) in [6, 6.07) is 0. The van der Waals surface area contributed by atoms with E-state index in [4.69, 9.17) is 9.47 Å². The van der Waals surface area contributed by atoms with Gasteiger partial charge in [-0.15, -0.1) is 0 Å². The second-order valence-electron chi connectivity index (χ2n) is 16.4. The number of carbonyl (C=O) groups is 2. The van der Waals surface area contributed by atoms with Crippen molar-refractivity contribution < 1.29 is 19.1 Å². The second kappa shape index (κ2) is 11.8. The zero-order valence-electron chi connectivity index (χ0n) is 27.8. The molecule has 8 fully saturated rings. The van der Waals surface area contributed by atoms with E-state index in [9.17, 15) is 9.59 Å². The lowest BCUT2D eigenvalue weighted by molar-refractivity contribution is -0.234. The molecular formula is C37H62O4. The van der Waals surface area contributed by atoms with Crippen molar-refractivity contribution in [3.8, 4) is 0 Å². The predicted octanol–water partition coefficient (Wildman–Crippen LogP) is 9.39. The molecule has 8 aliphatic rings. The minimum Gasteiger partial charge on any atom is -0.458 e. The number of carbonyl (C=O) groups excluding carboxylic acids is 2. The van der Waals surface area contributed by atoms with E-state index in [-0.39, 0.29) is 34.5 Å². The average molecular weight is 571 g/mol. The van der Waals surface area contributed by atoms with Crippen LogP contribution in [0.4, 0.5) is 0 Å². The molecule has 0 aromatic heterocycles. The van der Waals surface area contributed by atoms with Crippen LogP contribution in [0.5, 0.6) is 0 Å². The molecule has 0 spiro atoms. The Morgan fingerprint density at radius 3 is 1.49 bits per heavy atom. The molecule has 41 heavy (non-hydrogen) atoms. The summed E-state index contributed by atoms with van der Waals surface area (Å²) in [5.74, 6) is 6.89. The van der Waals surface area contributed by atoms with Crippen molar-refractivity contribution in [1.29, 1.82) is 0 Å². The van der Waals surface area contributed by atoms with Gasteiger partial charge in [-0.05, 0) is 157 Å². The molecule has 8 rings (SSSR count). The van der Waals surface area contributed by atoms with Crippen molar-refractivity contribution in [3.63, 3.8) is 0 Å². The molecule has 4 heteroatoms. The quantitative estimate of drug-likeness (QED) is 0.259. The summed E-state index contributed by atoms with van der Waals surface area (Å²) in [5, 5.41) is 0. The Morgan fingerprint density at radius 2 is 1.12 bits per heavy atom. The molecule has 0 amide bonds. The molecular weight excluding hydrogens is 508 g/mol. The number of hydrogen-bond acceptors (Lipinski definition) is 4. The highest BCUT2D eigenvalue weighted by Gasteiger charge is 2.62. The van der Waals surface area contributed by atoms with Gasteiger partial charge in [0.25, 0.3) is 0 Å². The maximum absolute atomic E-state index is 12.9. The number of rotatable bonds is 9. The van der Waals surface area contributed by atoms with E-state index < -0.39 is 0 Å². The average Bonchev–Trinajstić information content (AvgIpc) is 2.95. The van der Waals surface area contributed by atoms with E-state index in [0.717, 1.165) is 49.4 Å². The van der Waals surface area contributed by atoms with Crippen LogP contribution in [-0.2, 0) is 19.1 Å². The zero-order valence-corrected chi connectivity index (χ0v) is 27.8. The Morgan fingerprint density at radius 1 is 0.683 bits per heavy atom. The Hall–Kier alpha value is -1.06. The Balaban J connectivity index is 0.000000166. The summed E-state index contributed by atoms with van der Waals surface area (Å²) in [6.07, 6.45) is 17.2. The lowest BCUT2D eigenvalue weighted by Gasteiger charge is -2.62. The molecule has 8 saturated carbocycles. The van der Waals surface area contributed by atoms with Crippen molar-refractivity contribution >= 4 is 11.9 Å². The molecule has 0 aromatic carbocycles. The van der Waals surface area contributed by atoms with Crippen LogP contribution < -0.4 is 0 Å². The van der Waals surface area contributed by atoms with Gasteiger partial charge in [0, 0.05) is 0 Å². The molecule has 4 nitrogen and oxygen atoms in total. The third-order valence-electron chi connectivity index (χ3n) is 13.9. The minimum absolute atomic E-state index is 0.0442. The molecule has 0 saturated heterocycles. The molecule has 0 N–H and O–H groups in total. The SMILES string of the molecule is CCC(C)C(=O)OC1(CC)C2CC3CC(C2)CC1C3.CCC(C)C1(OC(=O)C(C)(C)CC)C2CC3CC(C2)CC1C3. The van der Waals surface area contributed by atoms with E-state index >= 15 is 0 Å². The van der Waals surface area contributed by atoms with Gasteiger partial charge in [-0.2, -0.15) is 0 Å². The molecule has 0 radical (unpaired) electrons. The molecule has 8 aliphatic carbocycles. The third-order valence-corrected chi connectivity index (χ3v) is 13.9. The monoisotopic (exact) mass is 570 g/mol. The smallest absolute Gasteiger partial charge is 0.312 e. The Kier molecular flexibility index (Phi) is 9.02. The van der Waals surface area contributed by atoms with Gasteiger partial charge in [-0.3, -0.25) is 9.59 Å². The summed E-state index contributed by atoms with van der Waals surface area (Å²) in [6.45, 7) is 17.1. The third kappa shape index (κ3) is 5.43. The van der Waals surface area contributed by atoms with Crippen LogP contribution in [-0.4, -0.2) is 23.1 Å². The first-order chi connectivity index (χ1) is 19.4. The molecule has 234 valence electrons. The fourth-order valence-electron chi connectivity index (χ4n) is 11.0. The van der Waals surface area contributed by atoms with Crippen molar-refractivity contribution in [2.75, 3.05) is 0 Å². The molecule has 0 heterocycles. The first kappa shape index (κ1) is 31.4. The number of ether oxygens (including phenoxy) is 2. The summed E-state index contributed by atoms with van der Waals surface area (Å²) in [5.41, 5.74) is -0.616. The van der Waals surface area contributed by atoms with Crippen LogP contribution >= 0.6 is 0 Å². The Bertz CT molecular complexity index is 893. The molecule has 0 aromatic rings. The van der Waals surface area contributed by atoms with Crippen molar-refractivity contribution in [3.05, 3.63) is 0 Å². The highest BCUT2D eigenvalue weighted by Crippen LogP contribution is 2.63. The van der Waals surface area contributed by atoms with Crippen LogP contribution in [0, 0.1) is 64.6 Å². The van der Waals surface area contributed by atoms with Crippen molar-refractivity contribution in [1.82, 2.24) is 0 Å². The van der Waals surface area contributed by atoms with Crippen molar-refractivity contribution in [2.45, 2.75) is 156 Å². The second-order valence-corrected chi connectivity index (χ2v) is 16.4. The van der Waals surface area contributed by atoms with Crippen LogP contribution in [0.25, 0.3) is 0 Å². The van der Waals surface area contributed by atoms with Gasteiger partial charge < -0.3 is 9.47 Å². The van der Waals surface area contributed by atoms with Gasteiger partial charge in [0.1, 0.15) is 11.2 Å². The highest BCUT2D eigenvalue weighted by atomic mass is 16.6. The Labute approximate surface area is 251 Å². The first-order valence-electron chi connectivity index (χ1n) is 17.9. The fourth-order valence-corrected chi connectivity index (χ4v) is 11.0. The van der Waals surface area contributed by atoms with Gasteiger partial charge >= 0.3 is 11.9 Å². The lowest BCUT2D eigenvalue weighted by Crippen LogP contribution is -2.63.